The lowest BCUT2D eigenvalue weighted by Crippen LogP contribution is -2.25. The summed E-state index contributed by atoms with van der Waals surface area (Å²) in [5, 5.41) is 14.5. The first-order valence-corrected chi connectivity index (χ1v) is 6.63. The van der Waals surface area contributed by atoms with Crippen LogP contribution >= 0.6 is 0 Å². The molecule has 1 unspecified atom stereocenters. The summed E-state index contributed by atoms with van der Waals surface area (Å²) in [6.45, 7) is 1.80. The number of sulfonamides is 1. The molecule has 7 nitrogen and oxygen atoms in total. The summed E-state index contributed by atoms with van der Waals surface area (Å²) in [5.74, 6) is -1.34. The van der Waals surface area contributed by atoms with Crippen LogP contribution in [0.3, 0.4) is 0 Å². The van der Waals surface area contributed by atoms with Gasteiger partial charge in [-0.05, 0) is 18.9 Å². The largest absolute Gasteiger partial charge is 0.481 e. The van der Waals surface area contributed by atoms with Gasteiger partial charge in [-0.15, -0.1) is 0 Å². The zero-order valence-electron chi connectivity index (χ0n) is 9.38. The standard InChI is InChI=1S/C9H15N3O4S/c1-7(9(13)14)3-2-5-11-17(15,16)8-4-6-10-12-8/h4,6-7,11H,2-3,5H2,1H3,(H,10,12)(H,13,14). The molecule has 0 aliphatic heterocycles. The molecule has 0 spiro atoms. The number of aliphatic carboxylic acids is 1. The summed E-state index contributed by atoms with van der Waals surface area (Å²) in [6, 6.07) is 1.35. The van der Waals surface area contributed by atoms with Crippen LogP contribution in [-0.2, 0) is 14.8 Å². The second kappa shape index (κ2) is 5.78. The first-order valence-electron chi connectivity index (χ1n) is 5.15. The van der Waals surface area contributed by atoms with Crippen molar-refractivity contribution < 1.29 is 18.3 Å². The number of carboxylic acids is 1. The lowest BCUT2D eigenvalue weighted by Gasteiger charge is -2.06. The predicted molar refractivity (Wildman–Crippen MR) is 59.8 cm³/mol. The van der Waals surface area contributed by atoms with E-state index in [0.717, 1.165) is 0 Å². The number of aromatic nitrogens is 2. The Bertz CT molecular complexity index is 455. The van der Waals surface area contributed by atoms with Crippen LogP contribution in [0.4, 0.5) is 0 Å². The highest BCUT2D eigenvalue weighted by atomic mass is 32.2. The van der Waals surface area contributed by atoms with Gasteiger partial charge in [0, 0.05) is 6.54 Å². The lowest BCUT2D eigenvalue weighted by molar-refractivity contribution is -0.141. The quantitative estimate of drug-likeness (QED) is 0.606. The normalized spacial score (nSPS) is 13.5. The number of nitrogens with zero attached hydrogens (tertiary/aromatic N) is 1. The Morgan fingerprint density at radius 1 is 1.65 bits per heavy atom. The van der Waals surface area contributed by atoms with Gasteiger partial charge < -0.3 is 5.11 Å². The molecule has 1 aromatic heterocycles. The van der Waals surface area contributed by atoms with Gasteiger partial charge in [-0.3, -0.25) is 9.89 Å². The van der Waals surface area contributed by atoms with Gasteiger partial charge in [0.25, 0.3) is 10.0 Å². The van der Waals surface area contributed by atoms with Crippen molar-refractivity contribution >= 4 is 16.0 Å². The summed E-state index contributed by atoms with van der Waals surface area (Å²) in [6.07, 6.45) is 2.25. The molecule has 1 rings (SSSR count). The van der Waals surface area contributed by atoms with Crippen LogP contribution in [0.1, 0.15) is 19.8 Å². The number of rotatable bonds is 7. The van der Waals surface area contributed by atoms with Gasteiger partial charge in [0.1, 0.15) is 0 Å². The average Bonchev–Trinajstić information content (AvgIpc) is 2.77. The van der Waals surface area contributed by atoms with Crippen LogP contribution in [0.15, 0.2) is 17.3 Å². The molecule has 0 aliphatic rings. The fourth-order valence-electron chi connectivity index (χ4n) is 1.21. The molecule has 0 fully saturated rings. The van der Waals surface area contributed by atoms with Crippen molar-refractivity contribution in [2.75, 3.05) is 6.54 Å². The summed E-state index contributed by atoms with van der Waals surface area (Å²) < 4.78 is 25.5. The van der Waals surface area contributed by atoms with Crippen molar-refractivity contribution in [3.63, 3.8) is 0 Å². The van der Waals surface area contributed by atoms with Crippen LogP contribution in [0.2, 0.25) is 0 Å². The highest BCUT2D eigenvalue weighted by molar-refractivity contribution is 7.89. The molecule has 1 aromatic rings. The average molecular weight is 261 g/mol. The van der Waals surface area contributed by atoms with Crippen LogP contribution in [0, 0.1) is 5.92 Å². The first kappa shape index (κ1) is 13.7. The maximum absolute atomic E-state index is 11.6. The molecule has 0 saturated carbocycles. The molecule has 8 heteroatoms. The summed E-state index contributed by atoms with van der Waals surface area (Å²) in [7, 11) is -3.55. The Balaban J connectivity index is 2.35. The molecule has 0 radical (unpaired) electrons. The fourth-order valence-corrected chi connectivity index (χ4v) is 2.19. The maximum atomic E-state index is 11.6. The topological polar surface area (TPSA) is 112 Å². The van der Waals surface area contributed by atoms with Crippen molar-refractivity contribution in [3.8, 4) is 0 Å². The summed E-state index contributed by atoms with van der Waals surface area (Å²) in [4.78, 5) is 10.5. The van der Waals surface area contributed by atoms with Gasteiger partial charge in [-0.1, -0.05) is 6.92 Å². The third-order valence-electron chi connectivity index (χ3n) is 2.29. The molecule has 1 atom stereocenters. The van der Waals surface area contributed by atoms with E-state index in [4.69, 9.17) is 5.11 Å². The van der Waals surface area contributed by atoms with Crippen LogP contribution in [0.25, 0.3) is 0 Å². The van der Waals surface area contributed by atoms with E-state index in [-0.39, 0.29) is 11.6 Å². The van der Waals surface area contributed by atoms with Crippen molar-refractivity contribution in [2.45, 2.75) is 24.8 Å². The van der Waals surface area contributed by atoms with E-state index in [1.165, 1.54) is 12.3 Å². The minimum atomic E-state index is -3.55. The molecular formula is C9H15N3O4S. The Labute approximate surface area is 99.3 Å². The number of nitrogens with one attached hydrogen (secondary N) is 2. The molecule has 0 amide bonds. The summed E-state index contributed by atoms with van der Waals surface area (Å²) in [5.41, 5.74) is 0. The van der Waals surface area contributed by atoms with Gasteiger partial charge in [0.2, 0.25) is 0 Å². The van der Waals surface area contributed by atoms with Crippen molar-refractivity contribution in [3.05, 3.63) is 12.3 Å². The van der Waals surface area contributed by atoms with E-state index in [9.17, 15) is 13.2 Å². The SMILES string of the molecule is CC(CCCNS(=O)(=O)c1ccn[nH]1)C(=O)O. The zero-order chi connectivity index (χ0) is 12.9. The van der Waals surface area contributed by atoms with Crippen molar-refractivity contribution in [2.24, 2.45) is 5.92 Å². The van der Waals surface area contributed by atoms with Crippen LogP contribution in [0.5, 0.6) is 0 Å². The van der Waals surface area contributed by atoms with Gasteiger partial charge >= 0.3 is 5.97 Å². The summed E-state index contributed by atoms with van der Waals surface area (Å²) >= 11 is 0. The van der Waals surface area contributed by atoms with Gasteiger partial charge in [0.05, 0.1) is 12.1 Å². The molecule has 0 aliphatic carbocycles. The Kier molecular flexibility index (Phi) is 4.64. The smallest absolute Gasteiger partial charge is 0.306 e. The number of H-pyrrole nitrogens is 1. The van der Waals surface area contributed by atoms with E-state index in [1.54, 1.807) is 6.92 Å². The third kappa shape index (κ3) is 4.16. The second-order valence-electron chi connectivity index (χ2n) is 3.70. The number of carbonyl (C=O) groups is 1. The van der Waals surface area contributed by atoms with Gasteiger partial charge in [-0.2, -0.15) is 5.10 Å². The fraction of sp³-hybridized carbons (Fsp3) is 0.556. The first-order chi connectivity index (χ1) is 7.93. The monoisotopic (exact) mass is 261 g/mol. The zero-order valence-corrected chi connectivity index (χ0v) is 10.2. The molecule has 0 bridgehead atoms. The molecule has 0 saturated heterocycles. The molecule has 17 heavy (non-hydrogen) atoms. The molecule has 0 aromatic carbocycles. The number of hydrogen-bond donors (Lipinski definition) is 3. The Morgan fingerprint density at radius 2 is 2.35 bits per heavy atom. The number of carboxylic acid groups (broad SMARTS) is 1. The molecular weight excluding hydrogens is 246 g/mol. The molecule has 3 N–H and O–H groups in total. The third-order valence-corrected chi connectivity index (χ3v) is 3.68. The number of hydrogen-bond acceptors (Lipinski definition) is 4. The maximum Gasteiger partial charge on any atom is 0.306 e. The van der Waals surface area contributed by atoms with E-state index in [1.807, 2.05) is 0 Å². The predicted octanol–water partition coefficient (Wildman–Crippen LogP) is 0.189. The van der Waals surface area contributed by atoms with Gasteiger partial charge in [-0.25, -0.2) is 13.1 Å². The molecule has 96 valence electrons. The van der Waals surface area contributed by atoms with E-state index < -0.39 is 21.9 Å². The highest BCUT2D eigenvalue weighted by Gasteiger charge is 2.15. The second-order valence-corrected chi connectivity index (χ2v) is 5.44. The Hall–Kier alpha value is -1.41. The van der Waals surface area contributed by atoms with E-state index in [0.29, 0.717) is 12.8 Å². The lowest BCUT2D eigenvalue weighted by atomic mass is 10.1. The minimum Gasteiger partial charge on any atom is -0.481 e. The van der Waals surface area contributed by atoms with Crippen LogP contribution < -0.4 is 4.72 Å². The van der Waals surface area contributed by atoms with E-state index >= 15 is 0 Å². The number of aromatic amines is 1. The molecule has 1 heterocycles. The minimum absolute atomic E-state index is 0.00350. The van der Waals surface area contributed by atoms with Crippen molar-refractivity contribution in [1.82, 2.24) is 14.9 Å². The Morgan fingerprint density at radius 3 is 2.88 bits per heavy atom. The van der Waals surface area contributed by atoms with E-state index in [2.05, 4.69) is 14.9 Å². The van der Waals surface area contributed by atoms with Gasteiger partial charge in [0.15, 0.2) is 5.03 Å². The van der Waals surface area contributed by atoms with Crippen LogP contribution in [-0.4, -0.2) is 36.2 Å². The van der Waals surface area contributed by atoms with Crippen molar-refractivity contribution in [1.29, 1.82) is 0 Å². The highest BCUT2D eigenvalue weighted by Crippen LogP contribution is 2.06.